The van der Waals surface area contributed by atoms with Crippen LogP contribution in [0.2, 0.25) is 0 Å². The van der Waals surface area contributed by atoms with Gasteiger partial charge in [0.25, 0.3) is 0 Å². The maximum absolute atomic E-state index is 12.0. The van der Waals surface area contributed by atoms with Gasteiger partial charge in [0.15, 0.2) is 6.61 Å². The van der Waals surface area contributed by atoms with Gasteiger partial charge in [0.2, 0.25) is 5.91 Å². The third kappa shape index (κ3) is 4.91. The molecule has 2 atom stereocenters. The molecule has 0 saturated heterocycles. The van der Waals surface area contributed by atoms with Crippen LogP contribution in [0.4, 0.5) is 0 Å². The molecule has 2 rings (SSSR count). The Kier molecular flexibility index (Phi) is 5.58. The maximum Gasteiger partial charge on any atom is 0.341 e. The Morgan fingerprint density at radius 2 is 2.09 bits per heavy atom. The van der Waals surface area contributed by atoms with Gasteiger partial charge in [0.1, 0.15) is 5.75 Å². The molecule has 118 valence electrons. The van der Waals surface area contributed by atoms with Crippen LogP contribution in [0.25, 0.3) is 0 Å². The van der Waals surface area contributed by atoms with Gasteiger partial charge < -0.3 is 15.2 Å². The SMILES string of the molecule is CC(NC(=O)CC1C=CCC1)c1ccc(OCC(=O)O)cc1. The molecular formula is C17H21NO4. The summed E-state index contributed by atoms with van der Waals surface area (Å²) in [5.41, 5.74) is 0.956. The van der Waals surface area contributed by atoms with Gasteiger partial charge in [-0.25, -0.2) is 4.79 Å². The number of allylic oxidation sites excluding steroid dienone is 2. The van der Waals surface area contributed by atoms with Crippen LogP contribution in [0.15, 0.2) is 36.4 Å². The highest BCUT2D eigenvalue weighted by Gasteiger charge is 2.16. The van der Waals surface area contributed by atoms with Crippen molar-refractivity contribution in [3.05, 3.63) is 42.0 Å². The number of benzene rings is 1. The summed E-state index contributed by atoms with van der Waals surface area (Å²) in [5, 5.41) is 11.5. The number of carbonyl (C=O) groups excluding carboxylic acids is 1. The largest absolute Gasteiger partial charge is 0.482 e. The number of carboxylic acids is 1. The normalized spacial score (nSPS) is 18.0. The molecule has 1 aliphatic carbocycles. The maximum atomic E-state index is 12.0. The van der Waals surface area contributed by atoms with Crippen LogP contribution in [0.1, 0.15) is 37.8 Å². The Labute approximate surface area is 130 Å². The van der Waals surface area contributed by atoms with Crippen LogP contribution in [0, 0.1) is 5.92 Å². The molecule has 0 fully saturated rings. The van der Waals surface area contributed by atoms with Gasteiger partial charge in [-0.15, -0.1) is 0 Å². The highest BCUT2D eigenvalue weighted by Crippen LogP contribution is 2.21. The Bertz CT molecular complexity index is 550. The minimum Gasteiger partial charge on any atom is -0.482 e. The Morgan fingerprint density at radius 1 is 1.36 bits per heavy atom. The quantitative estimate of drug-likeness (QED) is 0.759. The summed E-state index contributed by atoms with van der Waals surface area (Å²) in [4.78, 5) is 22.4. The molecule has 0 bridgehead atoms. The zero-order valence-electron chi connectivity index (χ0n) is 12.6. The van der Waals surface area contributed by atoms with Gasteiger partial charge in [-0.3, -0.25) is 4.79 Å². The molecule has 5 nitrogen and oxygen atoms in total. The number of nitrogens with one attached hydrogen (secondary N) is 1. The van der Waals surface area contributed by atoms with Crippen molar-refractivity contribution in [2.75, 3.05) is 6.61 Å². The summed E-state index contributed by atoms with van der Waals surface area (Å²) in [6, 6.07) is 6.99. The molecule has 0 radical (unpaired) electrons. The summed E-state index contributed by atoms with van der Waals surface area (Å²) in [6.07, 6.45) is 6.87. The lowest BCUT2D eigenvalue weighted by molar-refractivity contribution is -0.139. The standard InChI is InChI=1S/C17H21NO4/c1-12(18-16(19)10-13-4-2-3-5-13)14-6-8-15(9-7-14)22-11-17(20)21/h2,4,6-9,12-13H,3,5,10-11H2,1H3,(H,18,19)(H,20,21). The Hall–Kier alpha value is -2.30. The number of hydrogen-bond acceptors (Lipinski definition) is 3. The number of carboxylic acid groups (broad SMARTS) is 1. The van der Waals surface area contributed by atoms with E-state index in [2.05, 4.69) is 17.5 Å². The fourth-order valence-electron chi connectivity index (χ4n) is 2.48. The van der Waals surface area contributed by atoms with Gasteiger partial charge in [0.05, 0.1) is 6.04 Å². The molecule has 5 heteroatoms. The molecule has 1 amide bonds. The Balaban J connectivity index is 1.83. The van der Waals surface area contributed by atoms with Crippen LogP contribution in [-0.4, -0.2) is 23.6 Å². The summed E-state index contributed by atoms with van der Waals surface area (Å²) in [7, 11) is 0. The molecule has 0 spiro atoms. The minimum atomic E-state index is -1.01. The summed E-state index contributed by atoms with van der Waals surface area (Å²) in [6.45, 7) is 1.57. The van der Waals surface area contributed by atoms with Crippen LogP contribution < -0.4 is 10.1 Å². The fraction of sp³-hybridized carbons (Fsp3) is 0.412. The van der Waals surface area contributed by atoms with Gasteiger partial charge in [0, 0.05) is 6.42 Å². The molecule has 22 heavy (non-hydrogen) atoms. The average Bonchev–Trinajstić information content (AvgIpc) is 2.98. The van der Waals surface area contributed by atoms with E-state index in [4.69, 9.17) is 9.84 Å². The van der Waals surface area contributed by atoms with Crippen molar-refractivity contribution < 1.29 is 19.4 Å². The zero-order valence-corrected chi connectivity index (χ0v) is 12.6. The first-order valence-electron chi connectivity index (χ1n) is 7.45. The van der Waals surface area contributed by atoms with E-state index in [1.807, 2.05) is 19.1 Å². The highest BCUT2D eigenvalue weighted by molar-refractivity contribution is 5.77. The molecule has 1 aliphatic rings. The third-order valence-electron chi connectivity index (χ3n) is 3.68. The molecular weight excluding hydrogens is 282 g/mol. The predicted molar refractivity (Wildman–Crippen MR) is 82.6 cm³/mol. The lowest BCUT2D eigenvalue weighted by atomic mass is 10.0. The number of rotatable bonds is 7. The number of aliphatic carboxylic acids is 1. The van der Waals surface area contributed by atoms with E-state index < -0.39 is 5.97 Å². The number of carbonyl (C=O) groups is 2. The second-order valence-corrected chi connectivity index (χ2v) is 5.51. The van der Waals surface area contributed by atoms with Gasteiger partial charge in [-0.05, 0) is 43.4 Å². The van der Waals surface area contributed by atoms with Crippen molar-refractivity contribution >= 4 is 11.9 Å². The predicted octanol–water partition coefficient (Wildman–Crippen LogP) is 2.68. The molecule has 2 N–H and O–H groups in total. The third-order valence-corrected chi connectivity index (χ3v) is 3.68. The van der Waals surface area contributed by atoms with Crippen LogP contribution in [-0.2, 0) is 9.59 Å². The van der Waals surface area contributed by atoms with E-state index >= 15 is 0 Å². The van der Waals surface area contributed by atoms with Crippen LogP contribution in [0.5, 0.6) is 5.75 Å². The van der Waals surface area contributed by atoms with Crippen molar-refractivity contribution in [1.82, 2.24) is 5.32 Å². The summed E-state index contributed by atoms with van der Waals surface area (Å²) >= 11 is 0. The van der Waals surface area contributed by atoms with Crippen molar-refractivity contribution in [3.8, 4) is 5.75 Å². The van der Waals surface area contributed by atoms with Crippen molar-refractivity contribution in [2.24, 2.45) is 5.92 Å². The topological polar surface area (TPSA) is 75.6 Å². The van der Waals surface area contributed by atoms with E-state index in [0.29, 0.717) is 18.1 Å². The van der Waals surface area contributed by atoms with Crippen molar-refractivity contribution in [2.45, 2.75) is 32.2 Å². The van der Waals surface area contributed by atoms with Crippen molar-refractivity contribution in [3.63, 3.8) is 0 Å². The molecule has 2 unspecified atom stereocenters. The molecule has 0 heterocycles. The Morgan fingerprint density at radius 3 is 2.68 bits per heavy atom. The number of hydrogen-bond donors (Lipinski definition) is 2. The second kappa shape index (κ2) is 7.64. The second-order valence-electron chi connectivity index (χ2n) is 5.51. The molecule has 0 aliphatic heterocycles. The molecule has 1 aromatic rings. The first-order chi connectivity index (χ1) is 10.5. The monoisotopic (exact) mass is 303 g/mol. The minimum absolute atomic E-state index is 0.0512. The number of ether oxygens (including phenoxy) is 1. The van der Waals surface area contributed by atoms with Gasteiger partial charge >= 0.3 is 5.97 Å². The molecule has 0 saturated carbocycles. The van der Waals surface area contributed by atoms with Crippen LogP contribution >= 0.6 is 0 Å². The number of amides is 1. The van der Waals surface area contributed by atoms with Crippen LogP contribution in [0.3, 0.4) is 0 Å². The van der Waals surface area contributed by atoms with E-state index in [0.717, 1.165) is 18.4 Å². The lowest BCUT2D eigenvalue weighted by Crippen LogP contribution is -2.27. The average molecular weight is 303 g/mol. The first kappa shape index (κ1) is 16.1. The summed E-state index contributed by atoms with van der Waals surface area (Å²) in [5.74, 6) is -0.0966. The van der Waals surface area contributed by atoms with Gasteiger partial charge in [-0.1, -0.05) is 24.3 Å². The first-order valence-corrected chi connectivity index (χ1v) is 7.45. The van der Waals surface area contributed by atoms with E-state index in [9.17, 15) is 9.59 Å². The highest BCUT2D eigenvalue weighted by atomic mass is 16.5. The molecule has 0 aromatic heterocycles. The summed E-state index contributed by atoms with van der Waals surface area (Å²) < 4.78 is 5.08. The smallest absolute Gasteiger partial charge is 0.341 e. The van der Waals surface area contributed by atoms with E-state index in [1.54, 1.807) is 12.1 Å². The zero-order chi connectivity index (χ0) is 15.9. The van der Waals surface area contributed by atoms with Crippen molar-refractivity contribution in [1.29, 1.82) is 0 Å². The molecule has 1 aromatic carbocycles. The lowest BCUT2D eigenvalue weighted by Gasteiger charge is -2.16. The fourth-order valence-corrected chi connectivity index (χ4v) is 2.48. The van der Waals surface area contributed by atoms with Gasteiger partial charge in [-0.2, -0.15) is 0 Å². The van der Waals surface area contributed by atoms with E-state index in [-0.39, 0.29) is 18.6 Å². The van der Waals surface area contributed by atoms with E-state index in [1.165, 1.54) is 0 Å².